The number of aromatic nitrogens is 2. The van der Waals surface area contributed by atoms with Crippen LogP contribution in [-0.2, 0) is 6.54 Å². The van der Waals surface area contributed by atoms with Crippen molar-refractivity contribution in [2.24, 2.45) is 0 Å². The summed E-state index contributed by atoms with van der Waals surface area (Å²) in [7, 11) is 0. The molecule has 1 heterocycles. The first-order valence-electron chi connectivity index (χ1n) is 5.41. The van der Waals surface area contributed by atoms with Gasteiger partial charge in [0.15, 0.2) is 0 Å². The van der Waals surface area contributed by atoms with Crippen molar-refractivity contribution in [1.82, 2.24) is 15.1 Å². The van der Waals surface area contributed by atoms with Gasteiger partial charge in [0.05, 0.1) is 12.7 Å². The lowest BCUT2D eigenvalue weighted by Gasteiger charge is -2.01. The molecule has 0 atom stereocenters. The SMILES string of the molecule is O=C(O)NCCn1cc(-c2ccccc2Cl)cn1. The van der Waals surface area contributed by atoms with E-state index in [0.29, 0.717) is 18.1 Å². The summed E-state index contributed by atoms with van der Waals surface area (Å²) in [5.74, 6) is 0. The van der Waals surface area contributed by atoms with E-state index in [1.54, 1.807) is 10.9 Å². The van der Waals surface area contributed by atoms with Gasteiger partial charge in [-0.15, -0.1) is 0 Å². The maximum Gasteiger partial charge on any atom is 0.404 e. The molecule has 5 nitrogen and oxygen atoms in total. The zero-order valence-electron chi connectivity index (χ0n) is 9.51. The first-order valence-corrected chi connectivity index (χ1v) is 5.79. The third-order valence-corrected chi connectivity index (χ3v) is 2.76. The number of amides is 1. The maximum absolute atomic E-state index is 10.3. The molecule has 2 N–H and O–H groups in total. The number of carbonyl (C=O) groups is 1. The molecule has 1 aromatic heterocycles. The van der Waals surface area contributed by atoms with Crippen molar-refractivity contribution in [3.8, 4) is 11.1 Å². The second-order valence-corrected chi connectivity index (χ2v) is 4.11. The van der Waals surface area contributed by atoms with E-state index in [-0.39, 0.29) is 0 Å². The molecule has 0 bridgehead atoms. The van der Waals surface area contributed by atoms with E-state index in [0.717, 1.165) is 11.1 Å². The van der Waals surface area contributed by atoms with E-state index in [1.165, 1.54) is 0 Å². The standard InChI is InChI=1S/C12H12ClN3O2/c13-11-4-2-1-3-10(11)9-7-15-16(8-9)6-5-14-12(17)18/h1-4,7-8,14H,5-6H2,(H,17,18). The molecular formula is C12H12ClN3O2. The van der Waals surface area contributed by atoms with Gasteiger partial charge in [-0.25, -0.2) is 4.79 Å². The molecule has 6 heteroatoms. The second kappa shape index (κ2) is 5.55. The fourth-order valence-corrected chi connectivity index (χ4v) is 1.84. The molecule has 0 saturated heterocycles. The Hall–Kier alpha value is -2.01. The quantitative estimate of drug-likeness (QED) is 0.892. The summed E-state index contributed by atoms with van der Waals surface area (Å²) in [6, 6.07) is 7.51. The molecule has 0 aliphatic carbocycles. The lowest BCUT2D eigenvalue weighted by Crippen LogP contribution is -2.25. The van der Waals surface area contributed by atoms with Gasteiger partial charge in [-0.2, -0.15) is 5.10 Å². The first kappa shape index (κ1) is 12.4. The summed E-state index contributed by atoms with van der Waals surface area (Å²) in [6.45, 7) is 0.801. The van der Waals surface area contributed by atoms with E-state index >= 15 is 0 Å². The molecule has 0 aliphatic heterocycles. The number of halogens is 1. The summed E-state index contributed by atoms with van der Waals surface area (Å²) in [4.78, 5) is 10.3. The molecule has 0 saturated carbocycles. The predicted molar refractivity (Wildman–Crippen MR) is 68.7 cm³/mol. The van der Waals surface area contributed by atoms with Crippen LogP contribution in [-0.4, -0.2) is 27.5 Å². The van der Waals surface area contributed by atoms with E-state index < -0.39 is 6.09 Å². The van der Waals surface area contributed by atoms with Crippen molar-refractivity contribution in [3.05, 3.63) is 41.7 Å². The molecule has 0 spiro atoms. The Balaban J connectivity index is 2.06. The largest absolute Gasteiger partial charge is 0.465 e. The summed E-state index contributed by atoms with van der Waals surface area (Å²) in [6.07, 6.45) is 2.51. The molecule has 0 fully saturated rings. The highest BCUT2D eigenvalue weighted by atomic mass is 35.5. The highest BCUT2D eigenvalue weighted by Gasteiger charge is 2.05. The first-order chi connectivity index (χ1) is 8.66. The number of rotatable bonds is 4. The van der Waals surface area contributed by atoms with Crippen molar-refractivity contribution < 1.29 is 9.90 Å². The average Bonchev–Trinajstić information content (AvgIpc) is 2.78. The smallest absolute Gasteiger partial charge is 0.404 e. The minimum Gasteiger partial charge on any atom is -0.465 e. The van der Waals surface area contributed by atoms with Crippen molar-refractivity contribution in [3.63, 3.8) is 0 Å². The fraction of sp³-hybridized carbons (Fsp3) is 0.167. The van der Waals surface area contributed by atoms with Gasteiger partial charge in [-0.1, -0.05) is 29.8 Å². The monoisotopic (exact) mass is 265 g/mol. The van der Waals surface area contributed by atoms with Crippen molar-refractivity contribution in [2.75, 3.05) is 6.54 Å². The lowest BCUT2D eigenvalue weighted by atomic mass is 10.1. The normalized spacial score (nSPS) is 10.3. The summed E-state index contributed by atoms with van der Waals surface area (Å²) < 4.78 is 1.68. The van der Waals surface area contributed by atoms with Gasteiger partial charge in [0.2, 0.25) is 0 Å². The number of hydrogen-bond donors (Lipinski definition) is 2. The minimum atomic E-state index is -1.03. The second-order valence-electron chi connectivity index (χ2n) is 3.70. The van der Waals surface area contributed by atoms with Gasteiger partial charge in [0.1, 0.15) is 0 Å². The van der Waals surface area contributed by atoms with Gasteiger partial charge in [0.25, 0.3) is 0 Å². The number of benzene rings is 1. The van der Waals surface area contributed by atoms with Crippen LogP contribution in [0, 0.1) is 0 Å². The Labute approximate surface area is 109 Å². The molecule has 2 rings (SSSR count). The van der Waals surface area contributed by atoms with Gasteiger partial charge >= 0.3 is 6.09 Å². The van der Waals surface area contributed by atoms with Crippen LogP contribution in [0.25, 0.3) is 11.1 Å². The third-order valence-electron chi connectivity index (χ3n) is 2.44. The zero-order valence-corrected chi connectivity index (χ0v) is 10.3. The van der Waals surface area contributed by atoms with E-state index in [1.807, 2.05) is 30.5 Å². The molecule has 0 unspecified atom stereocenters. The topological polar surface area (TPSA) is 67.2 Å². The predicted octanol–water partition coefficient (Wildman–Crippen LogP) is 2.47. The van der Waals surface area contributed by atoms with Crippen LogP contribution < -0.4 is 5.32 Å². The molecule has 2 aromatic rings. The van der Waals surface area contributed by atoms with E-state index in [2.05, 4.69) is 10.4 Å². The molecule has 18 heavy (non-hydrogen) atoms. The number of nitrogens with zero attached hydrogens (tertiary/aromatic N) is 2. The van der Waals surface area contributed by atoms with Crippen LogP contribution in [0.2, 0.25) is 5.02 Å². The van der Waals surface area contributed by atoms with Crippen LogP contribution in [0.1, 0.15) is 0 Å². The summed E-state index contributed by atoms with van der Waals surface area (Å²) in [5, 5.41) is 15.6. The van der Waals surface area contributed by atoms with E-state index in [9.17, 15) is 4.79 Å². The molecule has 1 amide bonds. The van der Waals surface area contributed by atoms with Crippen molar-refractivity contribution in [1.29, 1.82) is 0 Å². The third kappa shape index (κ3) is 3.01. The molecule has 94 valence electrons. The van der Waals surface area contributed by atoms with Crippen LogP contribution >= 0.6 is 11.6 Å². The van der Waals surface area contributed by atoms with Crippen molar-refractivity contribution >= 4 is 17.7 Å². The van der Waals surface area contributed by atoms with Crippen LogP contribution in [0.3, 0.4) is 0 Å². The fourth-order valence-electron chi connectivity index (χ4n) is 1.60. The zero-order chi connectivity index (χ0) is 13.0. The van der Waals surface area contributed by atoms with Crippen LogP contribution in [0.15, 0.2) is 36.7 Å². The number of hydrogen-bond acceptors (Lipinski definition) is 2. The molecule has 1 aromatic carbocycles. The number of nitrogens with one attached hydrogen (secondary N) is 1. The Morgan fingerprint density at radius 1 is 1.44 bits per heavy atom. The minimum absolute atomic E-state index is 0.318. The van der Waals surface area contributed by atoms with E-state index in [4.69, 9.17) is 16.7 Å². The average molecular weight is 266 g/mol. The highest BCUT2D eigenvalue weighted by Crippen LogP contribution is 2.26. The van der Waals surface area contributed by atoms with Gasteiger partial charge in [-0.3, -0.25) is 4.68 Å². The van der Waals surface area contributed by atoms with Crippen molar-refractivity contribution in [2.45, 2.75) is 6.54 Å². The molecule has 0 radical (unpaired) electrons. The molecular weight excluding hydrogens is 254 g/mol. The summed E-state index contributed by atoms with van der Waals surface area (Å²) in [5.41, 5.74) is 1.83. The summed E-state index contributed by atoms with van der Waals surface area (Å²) >= 11 is 6.09. The Morgan fingerprint density at radius 3 is 2.94 bits per heavy atom. The Kier molecular flexibility index (Phi) is 3.84. The van der Waals surface area contributed by atoms with Crippen LogP contribution in [0.4, 0.5) is 4.79 Å². The van der Waals surface area contributed by atoms with Gasteiger partial charge in [-0.05, 0) is 6.07 Å². The maximum atomic E-state index is 10.3. The molecule has 0 aliphatic rings. The van der Waals surface area contributed by atoms with Crippen LogP contribution in [0.5, 0.6) is 0 Å². The Morgan fingerprint density at radius 2 is 2.22 bits per heavy atom. The highest BCUT2D eigenvalue weighted by molar-refractivity contribution is 6.33. The Bertz CT molecular complexity index is 554. The lowest BCUT2D eigenvalue weighted by molar-refractivity contribution is 0.194. The number of carboxylic acid groups (broad SMARTS) is 1. The van der Waals surface area contributed by atoms with Gasteiger partial charge in [0, 0.05) is 28.9 Å². The van der Waals surface area contributed by atoms with Gasteiger partial charge < -0.3 is 10.4 Å².